The van der Waals surface area contributed by atoms with Gasteiger partial charge in [-0.25, -0.2) is 0 Å². The van der Waals surface area contributed by atoms with Crippen LogP contribution in [0.5, 0.6) is 5.75 Å². The maximum absolute atomic E-state index is 13.2. The number of nitrogens with zero attached hydrogens (tertiary/aromatic N) is 1. The summed E-state index contributed by atoms with van der Waals surface area (Å²) >= 11 is 9.33. The van der Waals surface area contributed by atoms with Crippen molar-refractivity contribution in [1.82, 2.24) is 4.90 Å². The first kappa shape index (κ1) is 25.2. The molecule has 0 unspecified atom stereocenters. The van der Waals surface area contributed by atoms with E-state index in [1.807, 2.05) is 0 Å². The second-order valence-electron chi connectivity index (χ2n) is 9.13. The predicted molar refractivity (Wildman–Crippen MR) is 140 cm³/mol. The van der Waals surface area contributed by atoms with Crippen LogP contribution in [0.2, 0.25) is 5.02 Å². The third kappa shape index (κ3) is 4.44. The van der Waals surface area contributed by atoms with Crippen molar-refractivity contribution in [2.24, 2.45) is 0 Å². The zero-order chi connectivity index (χ0) is 25.6. The van der Waals surface area contributed by atoms with E-state index in [2.05, 4.69) is 27.8 Å². The predicted octanol–water partition coefficient (Wildman–Crippen LogP) is 6.30. The van der Waals surface area contributed by atoms with E-state index in [0.29, 0.717) is 40.0 Å². The number of carbonyl (C=O) groups is 2. The quantitative estimate of drug-likeness (QED) is 0.380. The average Bonchev–Trinajstić information content (AvgIpc) is 2.84. The summed E-state index contributed by atoms with van der Waals surface area (Å²) in [6.45, 7) is 2.77. The molecule has 0 N–H and O–H groups in total. The molecule has 188 valence electrons. The molecule has 0 radical (unpaired) electrons. The molecule has 2 aromatic rings. The van der Waals surface area contributed by atoms with Gasteiger partial charge in [0.1, 0.15) is 4.90 Å². The van der Waals surface area contributed by atoms with E-state index in [1.54, 1.807) is 18.2 Å². The molecule has 0 bridgehead atoms. The molecule has 2 aromatic carbocycles. The van der Waals surface area contributed by atoms with Gasteiger partial charge in [0.2, 0.25) is 0 Å². The molecule has 0 aromatic heterocycles. The standard InChI is InChI=1S/C27H25BrClNO5S/c1-2-30-20-5-3-7-22(31)26(20)25(27-21(30)6-4-8-23(27)32)16-9-14-24(19(28)15-16)35-36(33,34)18-12-10-17(29)11-13-18/h9-15,25H,2-8H2,1H3. The smallest absolute Gasteiger partial charge is 0.339 e. The lowest BCUT2D eigenvalue weighted by Crippen LogP contribution is -2.39. The minimum absolute atomic E-state index is 0.0139. The largest absolute Gasteiger partial charge is 0.378 e. The van der Waals surface area contributed by atoms with E-state index in [1.165, 1.54) is 24.3 Å². The molecule has 0 saturated carbocycles. The molecule has 1 aliphatic heterocycles. The van der Waals surface area contributed by atoms with Gasteiger partial charge in [0.15, 0.2) is 17.3 Å². The van der Waals surface area contributed by atoms with Crippen molar-refractivity contribution in [2.75, 3.05) is 6.54 Å². The average molecular weight is 591 g/mol. The molecule has 1 heterocycles. The first-order valence-electron chi connectivity index (χ1n) is 12.0. The van der Waals surface area contributed by atoms with E-state index >= 15 is 0 Å². The number of ketones is 2. The minimum atomic E-state index is -4.08. The summed E-state index contributed by atoms with van der Waals surface area (Å²) < 4.78 is 31.4. The number of hydrogen-bond acceptors (Lipinski definition) is 6. The van der Waals surface area contributed by atoms with E-state index < -0.39 is 16.0 Å². The Hall–Kier alpha value is -2.42. The number of benzene rings is 2. The second kappa shape index (κ2) is 9.80. The van der Waals surface area contributed by atoms with Gasteiger partial charge in [0.05, 0.1) is 4.47 Å². The molecule has 2 aliphatic carbocycles. The molecule has 0 saturated heterocycles. The molecule has 0 spiro atoms. The Bertz CT molecular complexity index is 1380. The molecule has 36 heavy (non-hydrogen) atoms. The van der Waals surface area contributed by atoms with Crippen molar-refractivity contribution >= 4 is 49.2 Å². The third-order valence-corrected chi connectivity index (χ3v) is 9.11. The molecule has 0 atom stereocenters. The highest BCUT2D eigenvalue weighted by atomic mass is 79.9. The number of halogens is 2. The van der Waals surface area contributed by atoms with Crippen molar-refractivity contribution in [3.63, 3.8) is 0 Å². The van der Waals surface area contributed by atoms with Crippen LogP contribution in [0.25, 0.3) is 0 Å². The SMILES string of the molecule is CCN1C2=C(C(=O)CCC2)C(c2ccc(OS(=O)(=O)c3ccc(Cl)cc3)c(Br)c2)C2=C1CCCC2=O. The van der Waals surface area contributed by atoms with E-state index in [0.717, 1.165) is 42.6 Å². The maximum Gasteiger partial charge on any atom is 0.339 e. The maximum atomic E-state index is 13.2. The Morgan fingerprint density at radius 3 is 2.06 bits per heavy atom. The van der Waals surface area contributed by atoms with Gasteiger partial charge in [-0.1, -0.05) is 17.7 Å². The topological polar surface area (TPSA) is 80.8 Å². The van der Waals surface area contributed by atoms with Crippen molar-refractivity contribution in [3.05, 3.63) is 80.1 Å². The summed E-state index contributed by atoms with van der Waals surface area (Å²) in [5.74, 6) is -0.192. The number of hydrogen-bond donors (Lipinski definition) is 0. The minimum Gasteiger partial charge on any atom is -0.378 e. The van der Waals surface area contributed by atoms with E-state index in [9.17, 15) is 18.0 Å². The summed E-state index contributed by atoms with van der Waals surface area (Å²) in [5.41, 5.74) is 4.21. The van der Waals surface area contributed by atoms with Gasteiger partial charge >= 0.3 is 10.1 Å². The normalized spacial score (nSPS) is 18.9. The zero-order valence-electron chi connectivity index (χ0n) is 19.7. The van der Waals surface area contributed by atoms with Gasteiger partial charge < -0.3 is 9.08 Å². The van der Waals surface area contributed by atoms with Crippen molar-refractivity contribution in [2.45, 2.75) is 56.3 Å². The summed E-state index contributed by atoms with van der Waals surface area (Å²) in [4.78, 5) is 28.6. The number of allylic oxidation sites excluding steroid dienone is 4. The first-order chi connectivity index (χ1) is 17.2. The van der Waals surface area contributed by atoms with Gasteiger partial charge in [-0.2, -0.15) is 8.42 Å². The molecule has 0 amide bonds. The highest BCUT2D eigenvalue weighted by Crippen LogP contribution is 2.49. The van der Waals surface area contributed by atoms with Crippen LogP contribution in [0.1, 0.15) is 56.9 Å². The van der Waals surface area contributed by atoms with Crippen molar-refractivity contribution < 1.29 is 22.2 Å². The summed E-state index contributed by atoms with van der Waals surface area (Å²) in [6, 6.07) is 10.8. The van der Waals surface area contributed by atoms with Gasteiger partial charge in [-0.05, 0) is 90.5 Å². The Balaban J connectivity index is 1.57. The lowest BCUT2D eigenvalue weighted by atomic mass is 9.71. The number of carbonyl (C=O) groups excluding carboxylic acids is 2. The first-order valence-corrected chi connectivity index (χ1v) is 14.6. The molecule has 3 aliphatic rings. The summed E-state index contributed by atoms with van der Waals surface area (Å²) in [5, 5.41) is 0.422. The van der Waals surface area contributed by atoms with Crippen molar-refractivity contribution in [1.29, 1.82) is 0 Å². The van der Waals surface area contributed by atoms with Crippen LogP contribution in [0.15, 0.2) is 74.4 Å². The lowest BCUT2D eigenvalue weighted by molar-refractivity contribution is -0.117. The fourth-order valence-electron chi connectivity index (χ4n) is 5.46. The highest BCUT2D eigenvalue weighted by molar-refractivity contribution is 9.10. The fourth-order valence-corrected chi connectivity index (χ4v) is 7.12. The van der Waals surface area contributed by atoms with Gasteiger partial charge in [-0.15, -0.1) is 0 Å². The fraction of sp³-hybridized carbons (Fsp3) is 0.333. The lowest BCUT2D eigenvalue weighted by Gasteiger charge is -2.43. The highest BCUT2D eigenvalue weighted by Gasteiger charge is 2.43. The third-order valence-electron chi connectivity index (χ3n) is 6.99. The van der Waals surface area contributed by atoms with Crippen LogP contribution >= 0.6 is 27.5 Å². The Morgan fingerprint density at radius 2 is 1.53 bits per heavy atom. The zero-order valence-corrected chi connectivity index (χ0v) is 22.9. The summed E-state index contributed by atoms with van der Waals surface area (Å²) in [6.07, 6.45) is 4.14. The monoisotopic (exact) mass is 589 g/mol. The van der Waals surface area contributed by atoms with Crippen LogP contribution in [0.4, 0.5) is 0 Å². The molecule has 0 fully saturated rings. The second-order valence-corrected chi connectivity index (χ2v) is 12.0. The molecule has 9 heteroatoms. The van der Waals surface area contributed by atoms with Crippen LogP contribution in [-0.2, 0) is 19.7 Å². The van der Waals surface area contributed by atoms with E-state index in [-0.39, 0.29) is 22.2 Å². The molecule has 6 nitrogen and oxygen atoms in total. The van der Waals surface area contributed by atoms with Gasteiger partial charge in [-0.3, -0.25) is 9.59 Å². The van der Waals surface area contributed by atoms with Crippen molar-refractivity contribution in [3.8, 4) is 5.75 Å². The molecule has 5 rings (SSSR count). The van der Waals surface area contributed by atoms with Gasteiger partial charge in [0.25, 0.3) is 0 Å². The number of rotatable bonds is 5. The number of Topliss-reactive ketones (excluding diaryl/α,β-unsaturated/α-hetero) is 2. The van der Waals surface area contributed by atoms with Crippen LogP contribution in [0.3, 0.4) is 0 Å². The Kier molecular flexibility index (Phi) is 6.87. The van der Waals surface area contributed by atoms with Crippen LogP contribution in [0, 0.1) is 0 Å². The van der Waals surface area contributed by atoms with E-state index in [4.69, 9.17) is 15.8 Å². The van der Waals surface area contributed by atoms with Crippen LogP contribution in [-0.4, -0.2) is 31.4 Å². The molecular weight excluding hydrogens is 566 g/mol. The summed E-state index contributed by atoms with van der Waals surface area (Å²) in [7, 11) is -4.08. The van der Waals surface area contributed by atoms with Crippen LogP contribution < -0.4 is 4.18 Å². The van der Waals surface area contributed by atoms with Gasteiger partial charge in [0, 0.05) is 52.9 Å². The molecular formula is C27H25BrClNO5S. The Labute approximate surface area is 224 Å². The Morgan fingerprint density at radius 1 is 0.944 bits per heavy atom.